The molecule has 0 heterocycles. The zero-order chi connectivity index (χ0) is 23.4. The van der Waals surface area contributed by atoms with Crippen LogP contribution in [0, 0.1) is 0 Å². The number of unbranched alkanes of at least 4 members (excludes halogenated alkanes) is 1. The number of aliphatic hydroxyl groups is 1. The van der Waals surface area contributed by atoms with Gasteiger partial charge in [0.25, 0.3) is 0 Å². The monoisotopic (exact) mass is 432 g/mol. The number of amides is 4. The highest BCUT2D eigenvalue weighted by Crippen LogP contribution is 2.01. The summed E-state index contributed by atoms with van der Waals surface area (Å²) in [5, 5.41) is 25.1. The Morgan fingerprint density at radius 3 is 2.00 bits per heavy atom. The summed E-state index contributed by atoms with van der Waals surface area (Å²) in [5.74, 6) is -4.87. The van der Waals surface area contributed by atoms with Gasteiger partial charge in [0.05, 0.1) is 18.6 Å². The molecule has 0 saturated carbocycles. The minimum Gasteiger partial charge on any atom is -0.480 e. The van der Waals surface area contributed by atoms with E-state index in [1.165, 1.54) is 6.92 Å². The molecule has 5 unspecified atom stereocenters. The van der Waals surface area contributed by atoms with Crippen LogP contribution in [-0.4, -0.2) is 76.6 Å². The second kappa shape index (κ2) is 13.5. The van der Waals surface area contributed by atoms with E-state index in [-0.39, 0.29) is 0 Å². The van der Waals surface area contributed by atoms with Crippen LogP contribution in [0.2, 0.25) is 0 Å². The molecular formula is C17H32N6O7. The van der Waals surface area contributed by atoms with Gasteiger partial charge < -0.3 is 43.4 Å². The van der Waals surface area contributed by atoms with Crippen LogP contribution in [0.4, 0.5) is 0 Å². The summed E-state index contributed by atoms with van der Waals surface area (Å²) in [6, 6.07) is -5.12. The van der Waals surface area contributed by atoms with Gasteiger partial charge in [0.15, 0.2) is 6.04 Å². The molecule has 0 saturated heterocycles. The van der Waals surface area contributed by atoms with Gasteiger partial charge in [-0.15, -0.1) is 0 Å². The van der Waals surface area contributed by atoms with Crippen LogP contribution in [-0.2, 0) is 24.0 Å². The fraction of sp³-hybridized carbons (Fsp3) is 0.706. The van der Waals surface area contributed by atoms with Crippen molar-refractivity contribution in [1.29, 1.82) is 0 Å². The van der Waals surface area contributed by atoms with Gasteiger partial charge in [-0.1, -0.05) is 6.42 Å². The number of carboxylic acids is 1. The molecule has 0 aliphatic rings. The van der Waals surface area contributed by atoms with E-state index in [0.29, 0.717) is 25.8 Å². The molecular weight excluding hydrogens is 400 g/mol. The fourth-order valence-corrected chi connectivity index (χ4v) is 2.38. The average Bonchev–Trinajstić information content (AvgIpc) is 2.64. The van der Waals surface area contributed by atoms with E-state index in [1.54, 1.807) is 0 Å². The summed E-state index contributed by atoms with van der Waals surface area (Å²) in [6.45, 7) is 2.96. The number of aliphatic carboxylic acids is 1. The molecule has 0 aliphatic carbocycles. The highest BCUT2D eigenvalue weighted by atomic mass is 16.4. The molecule has 13 heteroatoms. The van der Waals surface area contributed by atoms with E-state index < -0.39 is 66.3 Å². The predicted octanol–water partition coefficient (Wildman–Crippen LogP) is -3.74. The SMILES string of the molecule is CC(NC(=O)C(N)CCCCN)C(=O)NC(CC(N)=O)C(=O)NC(C(=O)O)C(C)O. The summed E-state index contributed by atoms with van der Waals surface area (Å²) in [6.07, 6.45) is -0.343. The summed E-state index contributed by atoms with van der Waals surface area (Å²) in [7, 11) is 0. The van der Waals surface area contributed by atoms with Gasteiger partial charge in [0, 0.05) is 0 Å². The second-order valence-electron chi connectivity index (χ2n) is 6.92. The Hall–Kier alpha value is -2.77. The molecule has 5 atom stereocenters. The molecule has 13 nitrogen and oxygen atoms in total. The highest BCUT2D eigenvalue weighted by molar-refractivity contribution is 5.96. The van der Waals surface area contributed by atoms with Crippen LogP contribution in [0.1, 0.15) is 39.5 Å². The molecule has 0 fully saturated rings. The number of nitrogens with two attached hydrogens (primary N) is 3. The maximum atomic E-state index is 12.3. The third-order valence-electron chi connectivity index (χ3n) is 4.14. The van der Waals surface area contributed by atoms with Crippen molar-refractivity contribution < 1.29 is 34.2 Å². The number of nitrogens with one attached hydrogen (secondary N) is 3. The number of carbonyl (C=O) groups excluding carboxylic acids is 4. The molecule has 0 aromatic rings. The van der Waals surface area contributed by atoms with E-state index in [0.717, 1.165) is 6.92 Å². The lowest BCUT2D eigenvalue weighted by Crippen LogP contribution is -2.58. The number of rotatable bonds is 14. The Morgan fingerprint density at radius 1 is 0.933 bits per heavy atom. The number of hydrogen-bond acceptors (Lipinski definition) is 8. The number of carbonyl (C=O) groups is 5. The first-order valence-electron chi connectivity index (χ1n) is 9.46. The second-order valence-corrected chi connectivity index (χ2v) is 6.92. The Kier molecular flexibility index (Phi) is 12.2. The average molecular weight is 432 g/mol. The van der Waals surface area contributed by atoms with Crippen LogP contribution >= 0.6 is 0 Å². The van der Waals surface area contributed by atoms with Crippen molar-refractivity contribution in [2.45, 2.75) is 69.8 Å². The maximum absolute atomic E-state index is 12.3. The van der Waals surface area contributed by atoms with Crippen molar-refractivity contribution >= 4 is 29.6 Å². The van der Waals surface area contributed by atoms with Crippen LogP contribution in [0.5, 0.6) is 0 Å². The Balaban J connectivity index is 5.00. The van der Waals surface area contributed by atoms with Gasteiger partial charge in [-0.25, -0.2) is 4.79 Å². The van der Waals surface area contributed by atoms with Gasteiger partial charge in [-0.05, 0) is 33.2 Å². The summed E-state index contributed by atoms with van der Waals surface area (Å²) >= 11 is 0. The molecule has 0 spiro atoms. The maximum Gasteiger partial charge on any atom is 0.328 e. The van der Waals surface area contributed by atoms with E-state index in [9.17, 15) is 29.1 Å². The van der Waals surface area contributed by atoms with Crippen molar-refractivity contribution in [3.05, 3.63) is 0 Å². The fourth-order valence-electron chi connectivity index (χ4n) is 2.38. The minimum atomic E-state index is -1.66. The first-order valence-corrected chi connectivity index (χ1v) is 9.46. The number of carboxylic acid groups (broad SMARTS) is 1. The zero-order valence-electron chi connectivity index (χ0n) is 17.1. The summed E-state index contributed by atoms with van der Waals surface area (Å²) in [5.41, 5.74) is 16.2. The highest BCUT2D eigenvalue weighted by Gasteiger charge is 2.31. The third kappa shape index (κ3) is 10.1. The third-order valence-corrected chi connectivity index (χ3v) is 4.14. The Morgan fingerprint density at radius 2 is 1.53 bits per heavy atom. The zero-order valence-corrected chi connectivity index (χ0v) is 17.1. The molecule has 172 valence electrons. The lowest BCUT2D eigenvalue weighted by Gasteiger charge is -2.24. The first-order chi connectivity index (χ1) is 13.9. The van der Waals surface area contributed by atoms with E-state index in [1.807, 2.05) is 5.32 Å². The Bertz CT molecular complexity index is 628. The molecule has 11 N–H and O–H groups in total. The first kappa shape index (κ1) is 27.2. The quantitative estimate of drug-likeness (QED) is 0.126. The van der Waals surface area contributed by atoms with Crippen molar-refractivity contribution in [2.24, 2.45) is 17.2 Å². The topological polar surface area (TPSA) is 240 Å². The standard InChI is InChI=1S/C17H32N6O7/c1-8(21-15(27)10(19)5-3-4-6-18)14(26)22-11(7-12(20)25)16(28)23-13(9(2)24)17(29)30/h8-11,13,24H,3-7,18-19H2,1-2H3,(H2,20,25)(H,21,27)(H,22,26)(H,23,28)(H,29,30). The van der Waals surface area contributed by atoms with E-state index >= 15 is 0 Å². The van der Waals surface area contributed by atoms with Gasteiger partial charge in [0.2, 0.25) is 23.6 Å². The van der Waals surface area contributed by atoms with Crippen molar-refractivity contribution in [1.82, 2.24) is 16.0 Å². The van der Waals surface area contributed by atoms with Crippen LogP contribution in [0.3, 0.4) is 0 Å². The van der Waals surface area contributed by atoms with Crippen LogP contribution in [0.15, 0.2) is 0 Å². The van der Waals surface area contributed by atoms with Crippen molar-refractivity contribution in [3.63, 3.8) is 0 Å². The lowest BCUT2D eigenvalue weighted by molar-refractivity contribution is -0.145. The molecule has 0 aromatic heterocycles. The lowest BCUT2D eigenvalue weighted by atomic mass is 10.1. The van der Waals surface area contributed by atoms with Crippen molar-refractivity contribution in [2.75, 3.05) is 6.54 Å². The van der Waals surface area contributed by atoms with Gasteiger partial charge >= 0.3 is 5.97 Å². The molecule has 30 heavy (non-hydrogen) atoms. The predicted molar refractivity (Wildman–Crippen MR) is 105 cm³/mol. The van der Waals surface area contributed by atoms with Crippen molar-refractivity contribution in [3.8, 4) is 0 Å². The van der Waals surface area contributed by atoms with Crippen LogP contribution < -0.4 is 33.2 Å². The van der Waals surface area contributed by atoms with E-state index in [2.05, 4.69) is 10.6 Å². The largest absolute Gasteiger partial charge is 0.480 e. The van der Waals surface area contributed by atoms with Gasteiger partial charge in [-0.3, -0.25) is 19.2 Å². The van der Waals surface area contributed by atoms with E-state index in [4.69, 9.17) is 22.3 Å². The molecule has 0 radical (unpaired) electrons. The molecule has 0 rings (SSSR count). The normalized spacial score (nSPS) is 15.8. The molecule has 4 amide bonds. The molecule has 0 bridgehead atoms. The molecule has 0 aliphatic heterocycles. The Labute approximate surface area is 174 Å². The van der Waals surface area contributed by atoms with Crippen LogP contribution in [0.25, 0.3) is 0 Å². The minimum absolute atomic E-state index is 0.375. The summed E-state index contributed by atoms with van der Waals surface area (Å²) < 4.78 is 0. The molecule has 0 aromatic carbocycles. The van der Waals surface area contributed by atoms with Gasteiger partial charge in [-0.2, -0.15) is 0 Å². The number of primary amides is 1. The number of hydrogen-bond donors (Lipinski definition) is 8. The van der Waals surface area contributed by atoms with Gasteiger partial charge in [0.1, 0.15) is 12.1 Å². The smallest absolute Gasteiger partial charge is 0.328 e. The number of aliphatic hydroxyl groups excluding tert-OH is 1. The summed E-state index contributed by atoms with van der Waals surface area (Å²) in [4.78, 5) is 59.0.